The molecule has 0 aromatic carbocycles. The van der Waals surface area contributed by atoms with Crippen molar-refractivity contribution in [3.8, 4) is 0 Å². The van der Waals surface area contributed by atoms with Crippen LogP contribution in [0.1, 0.15) is 71.6 Å². The Hall–Kier alpha value is -2.92. The van der Waals surface area contributed by atoms with Gasteiger partial charge in [-0.25, -0.2) is 18.3 Å². The number of rotatable bonds is 4. The molecule has 0 amide bonds. The van der Waals surface area contributed by atoms with E-state index in [1.54, 1.807) is 0 Å². The van der Waals surface area contributed by atoms with Crippen LogP contribution in [0, 0.1) is 0 Å². The lowest BCUT2D eigenvalue weighted by Crippen LogP contribution is -3.00. The standard InChI is InChI=1S/C44H56N8.4ClH/c1-49-21-13-29(14-22-49)41-33-5-7-35(45-33)42(30-15-23-50(2)24-16-30)37-9-11-39(47-37)44(32-19-27-52(4)28-20-32)40-12-10-38(48-40)43(36-8-6-34(41)46-36)31-17-25-51(3)26-18-31;;;;/h5,7,10,12-28,33-48H,6,8-9,11H2,1-4H3;4*1H/q+4;;;;/p-4. The highest BCUT2D eigenvalue weighted by Gasteiger charge is 2.47. The van der Waals surface area contributed by atoms with Crippen molar-refractivity contribution in [1.82, 2.24) is 21.3 Å². The van der Waals surface area contributed by atoms with Gasteiger partial charge in [0.05, 0.1) is 0 Å². The first-order valence-electron chi connectivity index (χ1n) is 19.6. The van der Waals surface area contributed by atoms with Crippen molar-refractivity contribution >= 4 is 0 Å². The fourth-order valence-electron chi connectivity index (χ4n) is 10.5. The third-order valence-corrected chi connectivity index (χ3v) is 13.1. The molecule has 0 aliphatic carbocycles. The van der Waals surface area contributed by atoms with E-state index < -0.39 is 0 Å². The molecule has 8 nitrogen and oxygen atoms in total. The quantitative estimate of drug-likeness (QED) is 0.122. The summed E-state index contributed by atoms with van der Waals surface area (Å²) in [4.78, 5) is 0. The predicted molar refractivity (Wildman–Crippen MR) is 201 cm³/mol. The van der Waals surface area contributed by atoms with E-state index in [-0.39, 0.29) is 73.8 Å². The number of nitrogens with zero attached hydrogens (tertiary/aromatic N) is 4. The van der Waals surface area contributed by atoms with Crippen LogP contribution in [-0.2, 0) is 28.2 Å². The molecule has 5 aliphatic heterocycles. The molecule has 4 aromatic rings. The first-order chi connectivity index (χ1) is 25.4. The van der Waals surface area contributed by atoms with Crippen LogP contribution in [0.2, 0.25) is 0 Å². The lowest BCUT2D eigenvalue weighted by molar-refractivity contribution is -0.671. The Morgan fingerprint density at radius 3 is 0.732 bits per heavy atom. The van der Waals surface area contributed by atoms with Gasteiger partial charge in [-0.05, 0) is 47.9 Å². The third-order valence-electron chi connectivity index (χ3n) is 13.1. The van der Waals surface area contributed by atoms with E-state index >= 15 is 0 Å². The van der Waals surface area contributed by atoms with Crippen LogP contribution in [0.5, 0.6) is 0 Å². The van der Waals surface area contributed by atoms with E-state index in [1.807, 2.05) is 0 Å². The molecule has 8 bridgehead atoms. The molecule has 300 valence electrons. The Morgan fingerprint density at radius 2 is 0.536 bits per heavy atom. The summed E-state index contributed by atoms with van der Waals surface area (Å²) in [6, 6.07) is 21.2. The second-order valence-corrected chi connectivity index (χ2v) is 16.4. The van der Waals surface area contributed by atoms with Crippen LogP contribution >= 0.6 is 0 Å². The Bertz CT molecular complexity index is 1650. The predicted octanol–water partition coefficient (Wildman–Crippen LogP) is -9.52. The minimum atomic E-state index is 0. The monoisotopic (exact) mass is 836 g/mol. The van der Waals surface area contributed by atoms with E-state index in [0.29, 0.717) is 47.8 Å². The molecular formula is C44H56Cl4N8. The molecule has 3 saturated heterocycles. The van der Waals surface area contributed by atoms with Crippen LogP contribution in [-0.4, -0.2) is 48.3 Å². The van der Waals surface area contributed by atoms with Crippen molar-refractivity contribution < 1.29 is 67.9 Å². The average Bonchev–Trinajstić information content (AvgIpc) is 3.99. The molecule has 9 heterocycles. The zero-order chi connectivity index (χ0) is 35.3. The maximum absolute atomic E-state index is 4.31. The molecule has 56 heavy (non-hydrogen) atoms. The average molecular weight is 839 g/mol. The Kier molecular flexibility index (Phi) is 14.8. The molecule has 12 atom stereocenters. The number of aromatic nitrogens is 4. The summed E-state index contributed by atoms with van der Waals surface area (Å²) in [6.45, 7) is 0. The number of aryl methyl sites for hydroxylation is 4. The zero-order valence-electron chi connectivity index (χ0n) is 32.6. The molecule has 0 saturated carbocycles. The Balaban J connectivity index is 0.00000150. The normalized spacial score (nSPS) is 32.8. The van der Waals surface area contributed by atoms with Gasteiger partial charge in [0, 0.05) is 121 Å². The summed E-state index contributed by atoms with van der Waals surface area (Å²) < 4.78 is 8.61. The molecule has 12 heteroatoms. The fourth-order valence-corrected chi connectivity index (χ4v) is 10.5. The number of nitrogens with one attached hydrogen (secondary N) is 4. The van der Waals surface area contributed by atoms with Crippen molar-refractivity contribution in [3.05, 3.63) is 145 Å². The van der Waals surface area contributed by atoms with Crippen molar-refractivity contribution in [2.45, 2.75) is 97.7 Å². The minimum absolute atomic E-state index is 0. The van der Waals surface area contributed by atoms with Gasteiger partial charge in [-0.15, -0.1) is 0 Å². The van der Waals surface area contributed by atoms with Gasteiger partial charge in [-0.3, -0.25) is 0 Å². The Labute approximate surface area is 357 Å². The fraction of sp³-hybridized carbons (Fsp3) is 0.455. The van der Waals surface area contributed by atoms with Gasteiger partial charge in [0.15, 0.2) is 49.6 Å². The molecule has 0 radical (unpaired) electrons. The first-order valence-corrected chi connectivity index (χ1v) is 19.6. The van der Waals surface area contributed by atoms with Gasteiger partial charge >= 0.3 is 0 Å². The largest absolute Gasteiger partial charge is 1.00 e. The first kappa shape index (κ1) is 44.2. The topological polar surface area (TPSA) is 63.6 Å². The summed E-state index contributed by atoms with van der Waals surface area (Å²) in [5, 5.41) is 17.1. The summed E-state index contributed by atoms with van der Waals surface area (Å²) in [6.07, 6.45) is 32.4. The number of hydrogen-bond donors (Lipinski definition) is 4. The third kappa shape index (κ3) is 8.74. The molecule has 4 aromatic heterocycles. The maximum Gasteiger partial charge on any atom is 0.168 e. The number of hydrogen-bond acceptors (Lipinski definition) is 4. The highest BCUT2D eigenvalue weighted by atomic mass is 35.5. The molecule has 5 aliphatic rings. The van der Waals surface area contributed by atoms with E-state index in [9.17, 15) is 0 Å². The Morgan fingerprint density at radius 1 is 0.339 bits per heavy atom. The molecule has 12 unspecified atom stereocenters. The minimum Gasteiger partial charge on any atom is -1.00 e. The number of fused-ring (bicyclic) bond motifs is 8. The van der Waals surface area contributed by atoms with Gasteiger partial charge < -0.3 is 70.9 Å². The summed E-state index contributed by atoms with van der Waals surface area (Å²) >= 11 is 0. The van der Waals surface area contributed by atoms with Gasteiger partial charge in [-0.1, -0.05) is 24.3 Å². The lowest BCUT2D eigenvalue weighted by Gasteiger charge is -2.37. The van der Waals surface area contributed by atoms with Crippen LogP contribution in [0.25, 0.3) is 0 Å². The van der Waals surface area contributed by atoms with Crippen molar-refractivity contribution in [1.29, 1.82) is 0 Å². The van der Waals surface area contributed by atoms with Gasteiger partial charge in [-0.2, -0.15) is 0 Å². The van der Waals surface area contributed by atoms with Gasteiger partial charge in [0.2, 0.25) is 0 Å². The van der Waals surface area contributed by atoms with E-state index in [4.69, 9.17) is 0 Å². The summed E-state index contributed by atoms with van der Waals surface area (Å²) in [5.41, 5.74) is 5.63. The number of pyridine rings is 4. The molecule has 4 N–H and O–H groups in total. The van der Waals surface area contributed by atoms with E-state index in [2.05, 4.69) is 190 Å². The van der Waals surface area contributed by atoms with Crippen molar-refractivity contribution in [3.63, 3.8) is 0 Å². The van der Waals surface area contributed by atoms with Gasteiger partial charge in [0.25, 0.3) is 0 Å². The number of halogens is 4. The van der Waals surface area contributed by atoms with Crippen molar-refractivity contribution in [2.75, 3.05) is 0 Å². The molecule has 0 spiro atoms. The molecule has 3 fully saturated rings. The van der Waals surface area contributed by atoms with E-state index in [1.165, 1.54) is 22.3 Å². The van der Waals surface area contributed by atoms with Crippen molar-refractivity contribution in [2.24, 2.45) is 28.2 Å². The molecule has 9 rings (SSSR count). The summed E-state index contributed by atoms with van der Waals surface area (Å²) in [5.74, 6) is 1.27. The van der Waals surface area contributed by atoms with E-state index in [0.717, 1.165) is 25.7 Å². The van der Waals surface area contributed by atoms with Gasteiger partial charge in [0.1, 0.15) is 28.2 Å². The second kappa shape index (κ2) is 18.8. The SMILES string of the molecule is C[n+]1ccc(C2C3C=CC(N3)C(c3cc[n+](C)cc3)C3CCC(N3)C(c3cc[n+](C)cc3)C3C=CC(N3)C(c3cc[n+](C)cc3)C3CCC2N3)cc1.[Cl-].[Cl-].[Cl-].[Cl-]. The second-order valence-electron chi connectivity index (χ2n) is 16.4. The van der Waals surface area contributed by atoms with Crippen LogP contribution in [0.3, 0.4) is 0 Å². The highest BCUT2D eigenvalue weighted by Crippen LogP contribution is 2.43. The smallest absolute Gasteiger partial charge is 0.168 e. The zero-order valence-corrected chi connectivity index (χ0v) is 35.6. The van der Waals surface area contributed by atoms with Crippen LogP contribution < -0.4 is 89.2 Å². The lowest BCUT2D eigenvalue weighted by atomic mass is 9.83. The van der Waals surface area contributed by atoms with Crippen LogP contribution in [0.4, 0.5) is 0 Å². The molecular weight excluding hydrogens is 782 g/mol. The summed E-state index contributed by atoms with van der Waals surface area (Å²) in [7, 11) is 8.46. The highest BCUT2D eigenvalue weighted by molar-refractivity contribution is 5.35. The van der Waals surface area contributed by atoms with Crippen LogP contribution in [0.15, 0.2) is 122 Å². The maximum atomic E-state index is 4.31.